The van der Waals surface area contributed by atoms with Gasteiger partial charge in [0.2, 0.25) is 0 Å². The van der Waals surface area contributed by atoms with Gasteiger partial charge in [0.05, 0.1) is 34.4 Å². The van der Waals surface area contributed by atoms with Crippen LogP contribution in [0.3, 0.4) is 0 Å². The highest BCUT2D eigenvalue weighted by Gasteiger charge is 2.25. The highest BCUT2D eigenvalue weighted by atomic mass is 16.7. The zero-order chi connectivity index (χ0) is 37.1. The van der Waals surface area contributed by atoms with Gasteiger partial charge >= 0.3 is 17.9 Å². The molecule has 0 bridgehead atoms. The van der Waals surface area contributed by atoms with Crippen LogP contribution in [0.15, 0.2) is 0 Å². The van der Waals surface area contributed by atoms with Crippen LogP contribution >= 0.6 is 0 Å². The van der Waals surface area contributed by atoms with Crippen molar-refractivity contribution in [2.24, 2.45) is 0 Å². The lowest BCUT2D eigenvalue weighted by Gasteiger charge is -2.25. The topological polar surface area (TPSA) is 108 Å². The summed E-state index contributed by atoms with van der Waals surface area (Å²) < 4.78 is 22.7. The van der Waals surface area contributed by atoms with Gasteiger partial charge in [0, 0.05) is 12.8 Å². The summed E-state index contributed by atoms with van der Waals surface area (Å²) in [4.78, 5) is 36.9. The predicted molar refractivity (Wildman–Crippen MR) is 203 cm³/mol. The van der Waals surface area contributed by atoms with E-state index in [9.17, 15) is 19.5 Å². The van der Waals surface area contributed by atoms with Crippen molar-refractivity contribution >= 4 is 17.9 Å². The first kappa shape index (κ1) is 48.3. The van der Waals surface area contributed by atoms with Gasteiger partial charge in [0.25, 0.3) is 6.29 Å². The number of quaternary nitrogens is 1. The second-order valence-electron chi connectivity index (χ2n) is 15.3. The number of nitrogens with zero attached hydrogens (tertiary/aromatic N) is 1. The number of hydrogen-bond donors (Lipinski definition) is 1. The SMILES string of the molecule is CCCCCCCCCCCCCCCC(=O)OC(COC(=O)CCCCCCCCCCCCCC)COC(OCC[N+](C)(C)C)C(=O)O. The molecule has 0 radical (unpaired) electrons. The van der Waals surface area contributed by atoms with Gasteiger partial charge in [-0.25, -0.2) is 4.79 Å². The van der Waals surface area contributed by atoms with E-state index in [0.717, 1.165) is 38.5 Å². The van der Waals surface area contributed by atoms with Gasteiger partial charge in [-0.3, -0.25) is 9.59 Å². The van der Waals surface area contributed by atoms with Crippen molar-refractivity contribution in [3.8, 4) is 0 Å². The molecule has 0 rings (SSSR count). The molecule has 2 atom stereocenters. The largest absolute Gasteiger partial charge is 0.477 e. The Balaban J connectivity index is 4.47. The van der Waals surface area contributed by atoms with Gasteiger partial charge in [0.15, 0.2) is 6.10 Å². The van der Waals surface area contributed by atoms with Gasteiger partial charge in [-0.15, -0.1) is 0 Å². The normalized spacial score (nSPS) is 12.9. The molecule has 0 spiro atoms. The standard InChI is InChI=1S/C41H79NO8/c1-6-8-10-12-14-16-18-20-22-24-26-28-30-32-39(44)50-37(36-49-41(40(45)46)47-34-33-42(3,4)5)35-48-38(43)31-29-27-25-23-21-19-17-15-13-11-9-7-2/h37,41H,6-36H2,1-5H3/p+1. The zero-order valence-corrected chi connectivity index (χ0v) is 33.3. The average Bonchev–Trinajstić information content (AvgIpc) is 3.06. The van der Waals surface area contributed by atoms with Crippen LogP contribution < -0.4 is 0 Å². The summed E-state index contributed by atoms with van der Waals surface area (Å²) in [6, 6.07) is 0. The summed E-state index contributed by atoms with van der Waals surface area (Å²) in [5, 5.41) is 9.60. The molecule has 9 heteroatoms. The fraction of sp³-hybridized carbons (Fsp3) is 0.927. The molecule has 1 N–H and O–H groups in total. The predicted octanol–water partition coefficient (Wildman–Crippen LogP) is 10.2. The van der Waals surface area contributed by atoms with Crippen molar-refractivity contribution in [1.29, 1.82) is 0 Å². The molecule has 9 nitrogen and oxygen atoms in total. The number of carboxylic acids is 1. The van der Waals surface area contributed by atoms with Crippen molar-refractivity contribution in [2.75, 3.05) is 47.5 Å². The van der Waals surface area contributed by atoms with Gasteiger partial charge < -0.3 is 28.5 Å². The summed E-state index contributed by atoms with van der Waals surface area (Å²) >= 11 is 0. The van der Waals surface area contributed by atoms with Crippen LogP contribution in [0.25, 0.3) is 0 Å². The van der Waals surface area contributed by atoms with Crippen molar-refractivity contribution in [3.05, 3.63) is 0 Å². The highest BCUT2D eigenvalue weighted by Crippen LogP contribution is 2.15. The van der Waals surface area contributed by atoms with Crippen molar-refractivity contribution in [3.63, 3.8) is 0 Å². The fourth-order valence-electron chi connectivity index (χ4n) is 5.84. The quantitative estimate of drug-likeness (QED) is 0.0291. The third-order valence-electron chi connectivity index (χ3n) is 9.11. The average molecular weight is 715 g/mol. The molecule has 0 aliphatic carbocycles. The Morgan fingerprint density at radius 2 is 0.900 bits per heavy atom. The molecular formula is C41H80NO8+. The minimum atomic E-state index is -1.50. The van der Waals surface area contributed by atoms with Gasteiger partial charge in [-0.1, -0.05) is 162 Å². The Morgan fingerprint density at radius 3 is 1.28 bits per heavy atom. The molecule has 296 valence electrons. The van der Waals surface area contributed by atoms with Crippen LogP contribution in [0.5, 0.6) is 0 Å². The van der Waals surface area contributed by atoms with Crippen LogP contribution in [-0.2, 0) is 33.3 Å². The van der Waals surface area contributed by atoms with E-state index in [1.165, 1.54) is 122 Å². The first-order valence-electron chi connectivity index (χ1n) is 20.7. The lowest BCUT2D eigenvalue weighted by atomic mass is 10.0. The van der Waals surface area contributed by atoms with Crippen LogP contribution in [-0.4, -0.2) is 87.4 Å². The van der Waals surface area contributed by atoms with E-state index < -0.39 is 24.3 Å². The number of ether oxygens (including phenoxy) is 4. The molecule has 0 aromatic carbocycles. The van der Waals surface area contributed by atoms with Crippen LogP contribution in [0.4, 0.5) is 0 Å². The van der Waals surface area contributed by atoms with E-state index in [2.05, 4.69) is 13.8 Å². The summed E-state index contributed by atoms with van der Waals surface area (Å²) in [7, 11) is 5.95. The Labute approximate surface area is 307 Å². The van der Waals surface area contributed by atoms with Crippen molar-refractivity contribution < 1.29 is 42.9 Å². The number of carboxylic acid groups (broad SMARTS) is 1. The maximum Gasteiger partial charge on any atom is 0.361 e. The number of aliphatic carboxylic acids is 1. The number of likely N-dealkylation sites (N-methyl/N-ethyl adjacent to an activating group) is 1. The van der Waals surface area contributed by atoms with Gasteiger partial charge in [0.1, 0.15) is 13.2 Å². The minimum Gasteiger partial charge on any atom is -0.477 e. The molecule has 0 saturated carbocycles. The first-order chi connectivity index (χ1) is 24.1. The Morgan fingerprint density at radius 1 is 0.520 bits per heavy atom. The number of esters is 2. The molecule has 0 fully saturated rings. The molecule has 0 aromatic rings. The lowest BCUT2D eigenvalue weighted by molar-refractivity contribution is -0.870. The second-order valence-corrected chi connectivity index (χ2v) is 15.3. The number of rotatable bonds is 38. The lowest BCUT2D eigenvalue weighted by Crippen LogP contribution is -2.40. The molecule has 0 aromatic heterocycles. The molecule has 2 unspecified atom stereocenters. The molecule has 0 amide bonds. The smallest absolute Gasteiger partial charge is 0.361 e. The molecule has 0 aliphatic heterocycles. The van der Waals surface area contributed by atoms with Gasteiger partial charge in [-0.2, -0.15) is 0 Å². The Hall–Kier alpha value is -1.71. The maximum absolute atomic E-state index is 12.7. The molecule has 0 aliphatic rings. The highest BCUT2D eigenvalue weighted by molar-refractivity contribution is 5.71. The molecule has 0 saturated heterocycles. The Kier molecular flexibility index (Phi) is 33.2. The van der Waals surface area contributed by atoms with E-state index in [4.69, 9.17) is 18.9 Å². The minimum absolute atomic E-state index is 0.174. The molecule has 0 heterocycles. The summed E-state index contributed by atoms with van der Waals surface area (Å²) in [5.74, 6) is -1.99. The number of carbonyl (C=O) groups is 3. The van der Waals surface area contributed by atoms with Gasteiger partial charge in [-0.05, 0) is 12.8 Å². The summed E-state index contributed by atoms with van der Waals surface area (Å²) in [5.41, 5.74) is 0. The van der Waals surface area contributed by atoms with E-state index in [-0.39, 0.29) is 32.2 Å². The Bertz CT molecular complexity index is 800. The maximum atomic E-state index is 12.7. The monoisotopic (exact) mass is 715 g/mol. The summed E-state index contributed by atoms with van der Waals surface area (Å²) in [6.07, 6.45) is 28.7. The fourth-order valence-corrected chi connectivity index (χ4v) is 5.84. The summed E-state index contributed by atoms with van der Waals surface area (Å²) in [6.45, 7) is 4.87. The van der Waals surface area contributed by atoms with Crippen molar-refractivity contribution in [2.45, 2.75) is 200 Å². The third-order valence-corrected chi connectivity index (χ3v) is 9.11. The third kappa shape index (κ3) is 34.7. The van der Waals surface area contributed by atoms with Crippen molar-refractivity contribution in [1.82, 2.24) is 0 Å². The van der Waals surface area contributed by atoms with Crippen LogP contribution in [0, 0.1) is 0 Å². The molecular weight excluding hydrogens is 634 g/mol. The van der Waals surface area contributed by atoms with Crippen LogP contribution in [0.1, 0.15) is 187 Å². The first-order valence-corrected chi connectivity index (χ1v) is 20.7. The van der Waals surface area contributed by atoms with E-state index in [1.54, 1.807) is 0 Å². The second kappa shape index (κ2) is 34.4. The zero-order valence-electron chi connectivity index (χ0n) is 33.3. The number of hydrogen-bond acceptors (Lipinski definition) is 7. The van der Waals surface area contributed by atoms with Crippen LogP contribution in [0.2, 0.25) is 0 Å². The van der Waals surface area contributed by atoms with E-state index >= 15 is 0 Å². The van der Waals surface area contributed by atoms with E-state index in [1.807, 2.05) is 21.1 Å². The van der Waals surface area contributed by atoms with E-state index in [0.29, 0.717) is 17.4 Å². The number of carbonyl (C=O) groups excluding carboxylic acids is 2. The number of unbranched alkanes of at least 4 members (excludes halogenated alkanes) is 23. The molecule has 50 heavy (non-hydrogen) atoms.